The van der Waals surface area contributed by atoms with Crippen molar-refractivity contribution < 1.29 is 59.5 Å². The van der Waals surface area contributed by atoms with Gasteiger partial charge < -0.3 is 94.0 Å². The maximum absolute atomic E-state index is 13.0. The standard InChI is InChI=1S/C27H51N7O12/c28-5-12-18(37)20(39)16(33-6-8-1-9(29)2-8)24(43-12)45-22-10(30)3-11(34-26(41)27(42)4-14(27)31)23(21(22)40)46-25-19(38)15(32)17(36)13(7-35)44-25/h8-25,33,35-40,42H,1-7,28-32H2,(H,34,41)/t8?,9?,10-,11+,12+,13+,14?,15-,16+,17+,18+,19+,20+,21-,22?,23-,24+,25+,27?/m0/s1. The summed E-state index contributed by atoms with van der Waals surface area (Å²) < 4.78 is 23.7. The Hall–Kier alpha value is -1.21. The van der Waals surface area contributed by atoms with Crippen molar-refractivity contribution in [3.8, 4) is 0 Å². The van der Waals surface area contributed by atoms with Crippen molar-refractivity contribution in [2.45, 2.75) is 135 Å². The van der Waals surface area contributed by atoms with Crippen LogP contribution in [-0.2, 0) is 23.7 Å². The molecule has 5 fully saturated rings. The van der Waals surface area contributed by atoms with Gasteiger partial charge in [-0.15, -0.1) is 0 Å². The Kier molecular flexibility index (Phi) is 11.2. The van der Waals surface area contributed by atoms with Crippen LogP contribution in [-0.4, -0.2) is 171 Å². The molecule has 19 heteroatoms. The maximum Gasteiger partial charge on any atom is 0.253 e. The van der Waals surface area contributed by atoms with E-state index in [0.29, 0.717) is 6.54 Å². The normalized spacial score (nSPS) is 52.5. The second-order valence-electron chi connectivity index (χ2n) is 13.5. The zero-order valence-electron chi connectivity index (χ0n) is 25.4. The third-order valence-electron chi connectivity index (χ3n) is 10.1. The summed E-state index contributed by atoms with van der Waals surface area (Å²) >= 11 is 0. The fraction of sp³-hybridized carbons (Fsp3) is 0.963. The van der Waals surface area contributed by atoms with Crippen molar-refractivity contribution in [3.05, 3.63) is 0 Å². The topological polar surface area (TPSA) is 350 Å². The highest BCUT2D eigenvalue weighted by Gasteiger charge is 2.59. The summed E-state index contributed by atoms with van der Waals surface area (Å²) in [4.78, 5) is 13.0. The van der Waals surface area contributed by atoms with E-state index in [4.69, 9.17) is 47.6 Å². The van der Waals surface area contributed by atoms with Crippen LogP contribution in [0.2, 0.25) is 0 Å². The molecule has 2 heterocycles. The smallest absolute Gasteiger partial charge is 0.253 e. The van der Waals surface area contributed by atoms with E-state index in [1.807, 2.05) is 0 Å². The van der Waals surface area contributed by atoms with E-state index in [9.17, 15) is 40.5 Å². The predicted octanol–water partition coefficient (Wildman–Crippen LogP) is -8.34. The number of hydrogen-bond acceptors (Lipinski definition) is 18. The summed E-state index contributed by atoms with van der Waals surface area (Å²) in [6.45, 7) is -0.369. The summed E-state index contributed by atoms with van der Waals surface area (Å²) in [7, 11) is 0. The van der Waals surface area contributed by atoms with Crippen molar-refractivity contribution in [3.63, 3.8) is 0 Å². The highest BCUT2D eigenvalue weighted by atomic mass is 16.7. The molecule has 0 aromatic rings. The monoisotopic (exact) mass is 665 g/mol. The molecular weight excluding hydrogens is 614 g/mol. The number of ether oxygens (including phenoxy) is 4. The fourth-order valence-electron chi connectivity index (χ4n) is 6.82. The van der Waals surface area contributed by atoms with Crippen LogP contribution in [0.5, 0.6) is 0 Å². The molecule has 0 aromatic heterocycles. The average Bonchev–Trinajstić information content (AvgIpc) is 3.63. The molecule has 5 aliphatic rings. The number of aliphatic hydroxyl groups excluding tert-OH is 6. The van der Waals surface area contributed by atoms with Gasteiger partial charge in [0.05, 0.1) is 24.7 Å². The van der Waals surface area contributed by atoms with Crippen molar-refractivity contribution in [2.75, 3.05) is 19.7 Å². The molecule has 17 atom stereocenters. The number of carbonyl (C=O) groups is 1. The lowest BCUT2D eigenvalue weighted by Gasteiger charge is -2.49. The van der Waals surface area contributed by atoms with Crippen LogP contribution in [0.15, 0.2) is 0 Å². The Morgan fingerprint density at radius 1 is 0.848 bits per heavy atom. The van der Waals surface area contributed by atoms with Gasteiger partial charge in [0.15, 0.2) is 18.2 Å². The lowest BCUT2D eigenvalue weighted by molar-refractivity contribution is -0.321. The Labute approximate surface area is 265 Å². The average molecular weight is 666 g/mol. The van der Waals surface area contributed by atoms with Crippen LogP contribution >= 0.6 is 0 Å². The first-order chi connectivity index (χ1) is 21.7. The van der Waals surface area contributed by atoms with E-state index in [0.717, 1.165) is 12.8 Å². The molecule has 46 heavy (non-hydrogen) atoms. The highest BCUT2D eigenvalue weighted by Crippen LogP contribution is 2.36. The summed E-state index contributed by atoms with van der Waals surface area (Å²) in [5.74, 6) is -0.581. The van der Waals surface area contributed by atoms with Crippen LogP contribution in [0.4, 0.5) is 0 Å². The molecule has 1 amide bonds. The molecule has 19 N–H and O–H groups in total. The third kappa shape index (κ3) is 7.07. The van der Waals surface area contributed by atoms with E-state index in [-0.39, 0.29) is 31.3 Å². The Morgan fingerprint density at radius 2 is 1.48 bits per heavy atom. The summed E-state index contributed by atoms with van der Waals surface area (Å²) in [6, 6.07) is -5.02. The van der Waals surface area contributed by atoms with Gasteiger partial charge in [-0.3, -0.25) is 4.79 Å². The Morgan fingerprint density at radius 3 is 2.07 bits per heavy atom. The van der Waals surface area contributed by atoms with E-state index >= 15 is 0 Å². The quantitative estimate of drug-likeness (QED) is 0.0973. The summed E-state index contributed by atoms with van der Waals surface area (Å²) in [5.41, 5.74) is 28.0. The van der Waals surface area contributed by atoms with Crippen molar-refractivity contribution in [1.29, 1.82) is 0 Å². The van der Waals surface area contributed by atoms with Gasteiger partial charge in [0.1, 0.15) is 54.9 Å². The number of hydrogen-bond donors (Lipinski definition) is 14. The van der Waals surface area contributed by atoms with E-state index < -0.39 is 116 Å². The van der Waals surface area contributed by atoms with Crippen LogP contribution in [0.1, 0.15) is 25.7 Å². The Bertz CT molecular complexity index is 1050. The number of carbonyl (C=O) groups excluding carboxylic acids is 1. The number of nitrogens with one attached hydrogen (secondary N) is 2. The molecule has 3 unspecified atom stereocenters. The van der Waals surface area contributed by atoms with Gasteiger partial charge in [-0.2, -0.15) is 0 Å². The van der Waals surface area contributed by atoms with E-state index in [1.54, 1.807) is 0 Å². The van der Waals surface area contributed by atoms with Crippen molar-refractivity contribution in [2.24, 2.45) is 34.6 Å². The summed E-state index contributed by atoms with van der Waals surface area (Å²) in [6.07, 6.45) is -13.7. The fourth-order valence-corrected chi connectivity index (χ4v) is 6.82. The minimum absolute atomic E-state index is 0.0173. The van der Waals surface area contributed by atoms with Gasteiger partial charge in [-0.1, -0.05) is 0 Å². The van der Waals surface area contributed by atoms with Crippen molar-refractivity contribution in [1.82, 2.24) is 10.6 Å². The molecule has 5 rings (SSSR count). The molecule has 266 valence electrons. The van der Waals surface area contributed by atoms with Crippen LogP contribution in [0.25, 0.3) is 0 Å². The first-order valence-corrected chi connectivity index (χ1v) is 15.8. The molecule has 2 aliphatic heterocycles. The van der Waals surface area contributed by atoms with Crippen LogP contribution in [0, 0.1) is 5.92 Å². The molecule has 0 bridgehead atoms. The maximum atomic E-state index is 13.0. The van der Waals surface area contributed by atoms with Crippen molar-refractivity contribution >= 4 is 5.91 Å². The zero-order valence-corrected chi connectivity index (χ0v) is 25.4. The number of aliphatic hydroxyl groups is 7. The molecular formula is C27H51N7O12. The Balaban J connectivity index is 1.36. The van der Waals surface area contributed by atoms with Crippen LogP contribution < -0.4 is 39.3 Å². The SMILES string of the molecule is NC[C@H]1O[C@H](OC2[C@@H](N)C[C@@H](NC(=O)C3(O)CC3N)[C@H](O[C@H]3O[C@H](CO)[C@@H](O)[C@H](N)[C@H]3O)[C@H]2O)[C@H](NCC2CC(N)C2)[C@@H](O)[C@@H]1O. The molecule has 0 radical (unpaired) electrons. The highest BCUT2D eigenvalue weighted by molar-refractivity contribution is 5.89. The minimum Gasteiger partial charge on any atom is -0.394 e. The van der Waals surface area contributed by atoms with Gasteiger partial charge in [-0.05, 0) is 31.7 Å². The third-order valence-corrected chi connectivity index (χ3v) is 10.1. The molecule has 0 aromatic carbocycles. The van der Waals surface area contributed by atoms with Crippen LogP contribution in [0.3, 0.4) is 0 Å². The summed E-state index contributed by atoms with van der Waals surface area (Å²) in [5, 5.41) is 80.4. The van der Waals surface area contributed by atoms with Gasteiger partial charge in [0.25, 0.3) is 5.91 Å². The minimum atomic E-state index is -1.82. The lowest BCUT2D eigenvalue weighted by Crippen LogP contribution is -2.70. The first kappa shape index (κ1) is 36.1. The number of nitrogens with two attached hydrogens (primary N) is 5. The van der Waals surface area contributed by atoms with Gasteiger partial charge >= 0.3 is 0 Å². The van der Waals surface area contributed by atoms with E-state index in [2.05, 4.69) is 10.6 Å². The predicted molar refractivity (Wildman–Crippen MR) is 156 cm³/mol. The van der Waals surface area contributed by atoms with Gasteiger partial charge in [-0.25, -0.2) is 0 Å². The number of rotatable bonds is 11. The van der Waals surface area contributed by atoms with Gasteiger partial charge in [0, 0.05) is 31.1 Å². The molecule has 19 nitrogen and oxygen atoms in total. The lowest BCUT2D eigenvalue weighted by atomic mass is 9.80. The first-order valence-electron chi connectivity index (χ1n) is 15.8. The zero-order chi connectivity index (χ0) is 33.7. The molecule has 3 saturated carbocycles. The van der Waals surface area contributed by atoms with E-state index in [1.165, 1.54) is 0 Å². The number of amides is 1. The molecule has 3 aliphatic carbocycles. The molecule has 0 spiro atoms. The van der Waals surface area contributed by atoms with Gasteiger partial charge in [0.2, 0.25) is 0 Å². The largest absolute Gasteiger partial charge is 0.394 e. The second-order valence-corrected chi connectivity index (χ2v) is 13.5. The second kappa shape index (κ2) is 14.3. The molecule has 2 saturated heterocycles.